The van der Waals surface area contributed by atoms with E-state index in [2.05, 4.69) is 4.98 Å². The maximum atomic E-state index is 11.6. The van der Waals surface area contributed by atoms with Crippen LogP contribution in [0.15, 0.2) is 18.3 Å². The van der Waals surface area contributed by atoms with Crippen molar-refractivity contribution in [3.05, 3.63) is 18.3 Å². The van der Waals surface area contributed by atoms with Crippen molar-refractivity contribution in [1.29, 1.82) is 0 Å². The summed E-state index contributed by atoms with van der Waals surface area (Å²) in [7, 11) is 1.56. The van der Waals surface area contributed by atoms with Crippen molar-refractivity contribution in [3.63, 3.8) is 0 Å². The molecule has 0 spiro atoms. The summed E-state index contributed by atoms with van der Waals surface area (Å²) >= 11 is 0. The van der Waals surface area contributed by atoms with Crippen molar-refractivity contribution >= 4 is 11.7 Å². The van der Waals surface area contributed by atoms with Crippen molar-refractivity contribution in [2.75, 3.05) is 18.6 Å². The zero-order valence-electron chi connectivity index (χ0n) is 11.6. The first-order chi connectivity index (χ1) is 8.95. The summed E-state index contributed by atoms with van der Waals surface area (Å²) in [5.74, 6) is -0.273. The van der Waals surface area contributed by atoms with E-state index in [9.17, 15) is 9.90 Å². The first-order valence-electron chi connectivity index (χ1n) is 6.45. The monoisotopic (exact) mass is 264 g/mol. The van der Waals surface area contributed by atoms with Crippen LogP contribution in [0.2, 0.25) is 0 Å². The first-order valence-corrected chi connectivity index (χ1v) is 6.45. The fraction of sp³-hybridized carbons (Fsp3) is 0.571. The lowest BCUT2D eigenvalue weighted by Gasteiger charge is -2.45. The van der Waals surface area contributed by atoms with Crippen LogP contribution >= 0.6 is 0 Å². The molecule has 0 radical (unpaired) electrons. The number of anilines is 1. The van der Waals surface area contributed by atoms with Gasteiger partial charge in [0.25, 0.3) is 0 Å². The number of methoxy groups -OCH3 is 1. The molecule has 0 aromatic carbocycles. The lowest BCUT2D eigenvalue weighted by atomic mass is 9.76. The molecule has 1 unspecified atom stereocenters. The van der Waals surface area contributed by atoms with Crippen molar-refractivity contribution in [3.8, 4) is 5.88 Å². The third-order valence-corrected chi connectivity index (χ3v) is 3.77. The van der Waals surface area contributed by atoms with Gasteiger partial charge in [-0.2, -0.15) is 0 Å². The van der Waals surface area contributed by atoms with Crippen LogP contribution in [-0.4, -0.2) is 35.8 Å². The van der Waals surface area contributed by atoms with Gasteiger partial charge in [-0.15, -0.1) is 0 Å². The molecule has 0 aliphatic carbocycles. The summed E-state index contributed by atoms with van der Waals surface area (Å²) in [4.78, 5) is 17.6. The summed E-state index contributed by atoms with van der Waals surface area (Å²) in [6.45, 7) is 4.76. The normalized spacial score (nSPS) is 22.1. The van der Waals surface area contributed by atoms with Crippen molar-refractivity contribution in [2.24, 2.45) is 5.41 Å². The van der Waals surface area contributed by atoms with Gasteiger partial charge in [0.05, 0.1) is 7.11 Å². The molecule has 0 amide bonds. The summed E-state index contributed by atoms with van der Waals surface area (Å²) in [5.41, 5.74) is 0.604. The Morgan fingerprint density at radius 1 is 1.58 bits per heavy atom. The summed E-state index contributed by atoms with van der Waals surface area (Å²) in [6.07, 6.45) is 3.55. The van der Waals surface area contributed by atoms with Gasteiger partial charge in [0.2, 0.25) is 5.88 Å². The molecule has 5 nitrogen and oxygen atoms in total. The van der Waals surface area contributed by atoms with E-state index in [-0.39, 0.29) is 5.41 Å². The van der Waals surface area contributed by atoms with Crippen molar-refractivity contribution in [2.45, 2.75) is 32.7 Å². The van der Waals surface area contributed by atoms with Crippen LogP contribution in [0.1, 0.15) is 26.7 Å². The molecule has 1 fully saturated rings. The van der Waals surface area contributed by atoms with E-state index in [1.807, 2.05) is 24.8 Å². The number of nitrogens with zero attached hydrogens (tertiary/aromatic N) is 2. The minimum Gasteiger partial charge on any atom is -0.481 e. The van der Waals surface area contributed by atoms with Crippen LogP contribution in [0, 0.1) is 5.41 Å². The number of rotatable bonds is 3. The maximum absolute atomic E-state index is 11.6. The van der Waals surface area contributed by atoms with E-state index in [1.54, 1.807) is 19.4 Å². The molecule has 2 heterocycles. The SMILES string of the molecule is COc1cc(N2CCCC(C)(C)C2C(=O)O)ccn1. The quantitative estimate of drug-likeness (QED) is 0.906. The molecular weight excluding hydrogens is 244 g/mol. The fourth-order valence-corrected chi connectivity index (χ4v) is 2.83. The third-order valence-electron chi connectivity index (χ3n) is 3.77. The second-order valence-corrected chi connectivity index (χ2v) is 5.58. The van der Waals surface area contributed by atoms with Gasteiger partial charge >= 0.3 is 5.97 Å². The Labute approximate surface area is 113 Å². The fourth-order valence-electron chi connectivity index (χ4n) is 2.83. The topological polar surface area (TPSA) is 62.7 Å². The number of hydrogen-bond acceptors (Lipinski definition) is 4. The number of piperidine rings is 1. The molecule has 2 rings (SSSR count). The number of aliphatic carboxylic acids is 1. The summed E-state index contributed by atoms with van der Waals surface area (Å²) in [5, 5.41) is 9.54. The lowest BCUT2D eigenvalue weighted by Crippen LogP contribution is -2.54. The zero-order chi connectivity index (χ0) is 14.0. The molecule has 19 heavy (non-hydrogen) atoms. The van der Waals surface area contributed by atoms with E-state index < -0.39 is 12.0 Å². The third kappa shape index (κ3) is 2.64. The molecule has 0 bridgehead atoms. The number of carboxylic acid groups (broad SMARTS) is 1. The molecule has 1 N–H and O–H groups in total. The average molecular weight is 264 g/mol. The highest BCUT2D eigenvalue weighted by molar-refractivity contribution is 5.79. The number of ether oxygens (including phenoxy) is 1. The van der Waals surface area contributed by atoms with Crippen LogP contribution in [0.3, 0.4) is 0 Å². The van der Waals surface area contributed by atoms with Crippen molar-refractivity contribution in [1.82, 2.24) is 4.98 Å². The smallest absolute Gasteiger partial charge is 0.326 e. The Hall–Kier alpha value is -1.78. The van der Waals surface area contributed by atoms with Gasteiger partial charge in [0, 0.05) is 24.5 Å². The zero-order valence-corrected chi connectivity index (χ0v) is 11.6. The molecule has 1 aliphatic rings. The molecule has 1 aromatic rings. The number of aromatic nitrogens is 1. The van der Waals surface area contributed by atoms with Gasteiger partial charge in [-0.1, -0.05) is 13.8 Å². The highest BCUT2D eigenvalue weighted by Gasteiger charge is 2.42. The summed E-state index contributed by atoms with van der Waals surface area (Å²) in [6, 6.07) is 3.10. The van der Waals surface area contributed by atoms with Crippen LogP contribution < -0.4 is 9.64 Å². The van der Waals surface area contributed by atoms with E-state index in [1.165, 1.54) is 0 Å². The standard InChI is InChI=1S/C14H20N2O3/c1-14(2)6-4-8-16(12(14)13(17)18)10-5-7-15-11(9-10)19-3/h5,7,9,12H,4,6,8H2,1-3H3,(H,17,18). The van der Waals surface area contributed by atoms with Crippen LogP contribution in [0.4, 0.5) is 5.69 Å². The average Bonchev–Trinajstić information content (AvgIpc) is 2.37. The molecule has 1 aliphatic heterocycles. The van der Waals surface area contributed by atoms with E-state index in [4.69, 9.17) is 4.74 Å². The molecule has 104 valence electrons. The van der Waals surface area contributed by atoms with Gasteiger partial charge in [0.15, 0.2) is 0 Å². The molecule has 1 atom stereocenters. The first kappa shape index (κ1) is 13.6. The minimum atomic E-state index is -0.777. The summed E-state index contributed by atoms with van der Waals surface area (Å²) < 4.78 is 5.11. The molecule has 5 heteroatoms. The van der Waals surface area contributed by atoms with Gasteiger partial charge < -0.3 is 14.7 Å². The highest BCUT2D eigenvalue weighted by Crippen LogP contribution is 2.38. The van der Waals surface area contributed by atoms with Crippen molar-refractivity contribution < 1.29 is 14.6 Å². The van der Waals surface area contributed by atoms with Gasteiger partial charge in [-0.3, -0.25) is 0 Å². The largest absolute Gasteiger partial charge is 0.481 e. The minimum absolute atomic E-state index is 0.249. The predicted octanol–water partition coefficient (Wildman–Crippen LogP) is 2.17. The van der Waals surface area contributed by atoms with E-state index >= 15 is 0 Å². The Morgan fingerprint density at radius 2 is 2.32 bits per heavy atom. The van der Waals surface area contributed by atoms with Gasteiger partial charge in [-0.05, 0) is 24.3 Å². The predicted molar refractivity (Wildman–Crippen MR) is 72.6 cm³/mol. The van der Waals surface area contributed by atoms with E-state index in [0.717, 1.165) is 25.1 Å². The molecule has 1 saturated heterocycles. The van der Waals surface area contributed by atoms with Gasteiger partial charge in [-0.25, -0.2) is 9.78 Å². The molecular formula is C14H20N2O3. The number of pyridine rings is 1. The molecule has 1 aromatic heterocycles. The van der Waals surface area contributed by atoms with Gasteiger partial charge in [0.1, 0.15) is 6.04 Å². The van der Waals surface area contributed by atoms with Crippen LogP contribution in [0.25, 0.3) is 0 Å². The number of carboxylic acids is 1. The second-order valence-electron chi connectivity index (χ2n) is 5.58. The number of hydrogen-bond donors (Lipinski definition) is 1. The maximum Gasteiger partial charge on any atom is 0.326 e. The highest BCUT2D eigenvalue weighted by atomic mass is 16.5. The van der Waals surface area contributed by atoms with E-state index in [0.29, 0.717) is 5.88 Å². The van der Waals surface area contributed by atoms with Crippen LogP contribution in [-0.2, 0) is 4.79 Å². The Morgan fingerprint density at radius 3 is 2.95 bits per heavy atom. The Balaban J connectivity index is 2.37. The van der Waals surface area contributed by atoms with Crippen LogP contribution in [0.5, 0.6) is 5.88 Å². The lowest BCUT2D eigenvalue weighted by molar-refractivity contribution is -0.142. The second kappa shape index (κ2) is 5.07. The Bertz CT molecular complexity index is 474. The molecule has 0 saturated carbocycles. The number of carbonyl (C=O) groups is 1. The Kier molecular flexibility index (Phi) is 3.64.